The first-order valence-electron chi connectivity index (χ1n) is 8.93. The Morgan fingerprint density at radius 1 is 1.12 bits per heavy atom. The van der Waals surface area contributed by atoms with Crippen LogP contribution in [0.15, 0.2) is 42.5 Å². The number of carbonyl (C=O) groups excluding carboxylic acids is 3. The molecule has 3 amide bonds. The molecule has 3 atom stereocenters. The van der Waals surface area contributed by atoms with E-state index in [-0.39, 0.29) is 29.6 Å². The fraction of sp³-hybridized carbons (Fsp3) is 0.450. The van der Waals surface area contributed by atoms with Gasteiger partial charge in [-0.2, -0.15) is 0 Å². The van der Waals surface area contributed by atoms with Gasteiger partial charge in [-0.1, -0.05) is 42.5 Å². The highest BCUT2D eigenvalue weighted by atomic mass is 16.2. The van der Waals surface area contributed by atoms with Crippen LogP contribution in [-0.2, 0) is 20.8 Å². The van der Waals surface area contributed by atoms with Crippen LogP contribution in [0, 0.1) is 11.8 Å². The van der Waals surface area contributed by atoms with Crippen molar-refractivity contribution in [3.63, 3.8) is 0 Å². The van der Waals surface area contributed by atoms with Crippen molar-refractivity contribution < 1.29 is 14.4 Å². The molecule has 1 fully saturated rings. The average Bonchev–Trinajstić information content (AvgIpc) is 2.90. The molecule has 0 spiro atoms. The summed E-state index contributed by atoms with van der Waals surface area (Å²) in [5.41, 5.74) is 1.23. The third kappa shape index (κ3) is 3.65. The Hall–Kier alpha value is -2.43. The minimum Gasteiger partial charge on any atom is -0.354 e. The Morgan fingerprint density at radius 2 is 1.72 bits per heavy atom. The molecule has 0 saturated carbocycles. The third-order valence-electron chi connectivity index (χ3n) is 5.09. The summed E-state index contributed by atoms with van der Waals surface area (Å²) in [5, 5.41) is 2.85. The monoisotopic (exact) mass is 340 g/mol. The van der Waals surface area contributed by atoms with Gasteiger partial charge in [0, 0.05) is 6.54 Å². The molecule has 132 valence electrons. The standard InChI is InChI=1S/C20H24N2O3/c1-14(18(23)21-13-7-10-15-8-3-2-4-9-15)22-19(24)16-11-5-6-12-17(16)20(22)25/h2-6,8-9,14,16-17H,7,10-13H2,1H3,(H,21,23)/t14-,16-,17+/m0/s1. The van der Waals surface area contributed by atoms with Gasteiger partial charge in [0.05, 0.1) is 11.8 Å². The number of hydrogen-bond donors (Lipinski definition) is 1. The van der Waals surface area contributed by atoms with Gasteiger partial charge in [-0.3, -0.25) is 19.3 Å². The number of likely N-dealkylation sites (tertiary alicyclic amines) is 1. The molecule has 1 saturated heterocycles. The Balaban J connectivity index is 1.50. The van der Waals surface area contributed by atoms with Gasteiger partial charge in [0.1, 0.15) is 6.04 Å². The number of allylic oxidation sites excluding steroid dienone is 2. The minimum absolute atomic E-state index is 0.203. The van der Waals surface area contributed by atoms with Crippen LogP contribution in [0.25, 0.3) is 0 Å². The molecule has 3 rings (SSSR count). The van der Waals surface area contributed by atoms with E-state index in [9.17, 15) is 14.4 Å². The molecule has 0 aromatic heterocycles. The lowest BCUT2D eigenvalue weighted by molar-refractivity contribution is -0.147. The second kappa shape index (κ2) is 7.64. The van der Waals surface area contributed by atoms with E-state index in [2.05, 4.69) is 17.4 Å². The van der Waals surface area contributed by atoms with Gasteiger partial charge in [0.2, 0.25) is 17.7 Å². The Bertz CT molecular complexity index is 657. The van der Waals surface area contributed by atoms with Crippen molar-refractivity contribution in [1.29, 1.82) is 0 Å². The van der Waals surface area contributed by atoms with Gasteiger partial charge >= 0.3 is 0 Å². The van der Waals surface area contributed by atoms with Crippen LogP contribution in [0.1, 0.15) is 31.7 Å². The molecular formula is C20H24N2O3. The number of fused-ring (bicyclic) bond motifs is 1. The molecule has 1 N–H and O–H groups in total. The summed E-state index contributed by atoms with van der Waals surface area (Å²) >= 11 is 0. The van der Waals surface area contributed by atoms with E-state index in [1.165, 1.54) is 10.5 Å². The molecule has 0 bridgehead atoms. The molecule has 1 heterocycles. The molecular weight excluding hydrogens is 316 g/mol. The summed E-state index contributed by atoms with van der Waals surface area (Å²) in [7, 11) is 0. The van der Waals surface area contributed by atoms with Crippen LogP contribution < -0.4 is 5.32 Å². The summed E-state index contributed by atoms with van der Waals surface area (Å²) in [6.45, 7) is 2.16. The first-order chi connectivity index (χ1) is 12.1. The number of benzene rings is 1. The molecule has 2 aliphatic rings. The quantitative estimate of drug-likeness (QED) is 0.490. The van der Waals surface area contributed by atoms with E-state index in [0.717, 1.165) is 12.8 Å². The number of hydrogen-bond acceptors (Lipinski definition) is 3. The number of carbonyl (C=O) groups is 3. The lowest BCUT2D eigenvalue weighted by Gasteiger charge is -2.22. The molecule has 5 nitrogen and oxygen atoms in total. The highest BCUT2D eigenvalue weighted by Gasteiger charge is 2.49. The Kier molecular flexibility index (Phi) is 5.31. The van der Waals surface area contributed by atoms with Crippen LogP contribution >= 0.6 is 0 Å². The lowest BCUT2D eigenvalue weighted by atomic mass is 9.85. The van der Waals surface area contributed by atoms with Crippen LogP contribution in [0.2, 0.25) is 0 Å². The summed E-state index contributed by atoms with van der Waals surface area (Å²) in [6.07, 6.45) is 6.79. The molecule has 1 aromatic carbocycles. The second-order valence-corrected chi connectivity index (χ2v) is 6.76. The Labute approximate surface area is 148 Å². The van der Waals surface area contributed by atoms with Crippen LogP contribution in [0.4, 0.5) is 0 Å². The first-order valence-corrected chi connectivity index (χ1v) is 8.93. The van der Waals surface area contributed by atoms with Gasteiger partial charge in [-0.15, -0.1) is 0 Å². The maximum atomic E-state index is 12.5. The highest BCUT2D eigenvalue weighted by Crippen LogP contribution is 2.36. The fourth-order valence-electron chi connectivity index (χ4n) is 3.62. The van der Waals surface area contributed by atoms with E-state index < -0.39 is 6.04 Å². The second-order valence-electron chi connectivity index (χ2n) is 6.76. The van der Waals surface area contributed by atoms with E-state index in [1.54, 1.807) is 6.92 Å². The molecule has 1 aliphatic heterocycles. The number of nitrogens with one attached hydrogen (secondary N) is 1. The van der Waals surface area contributed by atoms with E-state index >= 15 is 0 Å². The number of imide groups is 1. The number of aryl methyl sites for hydroxylation is 1. The average molecular weight is 340 g/mol. The number of nitrogens with zero attached hydrogens (tertiary/aromatic N) is 1. The van der Waals surface area contributed by atoms with Crippen molar-refractivity contribution in [3.05, 3.63) is 48.0 Å². The SMILES string of the molecule is C[C@@H](C(=O)NCCCc1ccccc1)N1C(=O)[C@H]2CC=CC[C@H]2C1=O. The smallest absolute Gasteiger partial charge is 0.243 e. The minimum atomic E-state index is -0.748. The molecule has 5 heteroatoms. The number of amides is 3. The zero-order valence-corrected chi connectivity index (χ0v) is 14.5. The number of rotatable bonds is 6. The molecule has 25 heavy (non-hydrogen) atoms. The van der Waals surface area contributed by atoms with Gasteiger partial charge in [-0.25, -0.2) is 0 Å². The lowest BCUT2D eigenvalue weighted by Crippen LogP contribution is -2.48. The van der Waals surface area contributed by atoms with Gasteiger partial charge in [0.15, 0.2) is 0 Å². The maximum absolute atomic E-state index is 12.5. The topological polar surface area (TPSA) is 66.5 Å². The molecule has 1 aliphatic carbocycles. The molecule has 1 aromatic rings. The highest BCUT2D eigenvalue weighted by molar-refractivity contribution is 6.08. The largest absolute Gasteiger partial charge is 0.354 e. The maximum Gasteiger partial charge on any atom is 0.243 e. The third-order valence-corrected chi connectivity index (χ3v) is 5.09. The van der Waals surface area contributed by atoms with E-state index in [1.807, 2.05) is 30.4 Å². The predicted molar refractivity (Wildman–Crippen MR) is 94.4 cm³/mol. The van der Waals surface area contributed by atoms with Crippen LogP contribution in [0.3, 0.4) is 0 Å². The molecule has 0 unspecified atom stereocenters. The van der Waals surface area contributed by atoms with E-state index in [0.29, 0.717) is 19.4 Å². The summed E-state index contributed by atoms with van der Waals surface area (Å²) in [5.74, 6) is -1.24. The van der Waals surface area contributed by atoms with Crippen molar-refractivity contribution in [3.8, 4) is 0 Å². The first kappa shape index (κ1) is 17.4. The van der Waals surface area contributed by atoms with Crippen molar-refractivity contribution in [2.45, 2.75) is 38.6 Å². The normalized spacial score (nSPS) is 23.5. The van der Waals surface area contributed by atoms with Gasteiger partial charge < -0.3 is 5.32 Å². The van der Waals surface area contributed by atoms with Gasteiger partial charge in [-0.05, 0) is 38.2 Å². The van der Waals surface area contributed by atoms with Crippen molar-refractivity contribution in [1.82, 2.24) is 10.2 Å². The van der Waals surface area contributed by atoms with Crippen molar-refractivity contribution in [2.24, 2.45) is 11.8 Å². The van der Waals surface area contributed by atoms with E-state index in [4.69, 9.17) is 0 Å². The van der Waals surface area contributed by atoms with Crippen molar-refractivity contribution in [2.75, 3.05) is 6.54 Å². The summed E-state index contributed by atoms with van der Waals surface area (Å²) in [4.78, 5) is 38.5. The fourth-order valence-corrected chi connectivity index (χ4v) is 3.62. The van der Waals surface area contributed by atoms with Gasteiger partial charge in [0.25, 0.3) is 0 Å². The van der Waals surface area contributed by atoms with Crippen LogP contribution in [-0.4, -0.2) is 35.2 Å². The summed E-state index contributed by atoms with van der Waals surface area (Å²) in [6, 6.07) is 9.33. The zero-order valence-electron chi connectivity index (χ0n) is 14.5. The Morgan fingerprint density at radius 3 is 2.32 bits per heavy atom. The predicted octanol–water partition coefficient (Wildman–Crippen LogP) is 2.08. The van der Waals surface area contributed by atoms with Crippen molar-refractivity contribution >= 4 is 17.7 Å². The van der Waals surface area contributed by atoms with Crippen LogP contribution in [0.5, 0.6) is 0 Å². The zero-order chi connectivity index (χ0) is 17.8. The molecule has 0 radical (unpaired) electrons. The summed E-state index contributed by atoms with van der Waals surface area (Å²) < 4.78 is 0.